The summed E-state index contributed by atoms with van der Waals surface area (Å²) in [5, 5.41) is 2.41. The van der Waals surface area contributed by atoms with Crippen molar-refractivity contribution >= 4 is 23.5 Å². The summed E-state index contributed by atoms with van der Waals surface area (Å²) in [7, 11) is 0. The van der Waals surface area contributed by atoms with Gasteiger partial charge in [0.25, 0.3) is 0 Å². The Morgan fingerprint density at radius 1 is 1.04 bits per heavy atom. The number of nitrogens with zero attached hydrogens (tertiary/aromatic N) is 4. The van der Waals surface area contributed by atoms with Crippen LogP contribution >= 0.6 is 0 Å². The SMILES string of the molecule is O=C(Nc1cccc(F)c1)C(=O)N1CCN(c2ncccn2)CC1. The van der Waals surface area contributed by atoms with Crippen molar-refractivity contribution in [3.8, 4) is 0 Å². The second-order valence-electron chi connectivity index (χ2n) is 5.29. The Labute approximate surface area is 138 Å². The fraction of sp³-hybridized carbons (Fsp3) is 0.250. The monoisotopic (exact) mass is 329 g/mol. The summed E-state index contributed by atoms with van der Waals surface area (Å²) in [4.78, 5) is 36.0. The standard InChI is InChI=1S/C16H16FN5O2/c17-12-3-1-4-13(11-12)20-14(23)15(24)21-7-9-22(10-8-21)16-18-5-2-6-19-16/h1-6,11H,7-10H2,(H,20,23). The minimum atomic E-state index is -0.773. The molecule has 0 unspecified atom stereocenters. The lowest BCUT2D eigenvalue weighted by molar-refractivity contribution is -0.143. The largest absolute Gasteiger partial charge is 0.337 e. The zero-order valence-electron chi connectivity index (χ0n) is 12.9. The van der Waals surface area contributed by atoms with Crippen molar-refractivity contribution in [2.24, 2.45) is 0 Å². The zero-order valence-corrected chi connectivity index (χ0v) is 12.9. The highest BCUT2D eigenvalue weighted by Gasteiger charge is 2.26. The number of benzene rings is 1. The van der Waals surface area contributed by atoms with E-state index in [4.69, 9.17) is 0 Å². The van der Waals surface area contributed by atoms with Crippen LogP contribution in [0.3, 0.4) is 0 Å². The minimum absolute atomic E-state index is 0.254. The van der Waals surface area contributed by atoms with Crippen LogP contribution in [0.2, 0.25) is 0 Å². The maximum Gasteiger partial charge on any atom is 0.313 e. The second kappa shape index (κ2) is 7.03. The fourth-order valence-corrected chi connectivity index (χ4v) is 2.46. The van der Waals surface area contributed by atoms with Gasteiger partial charge in [-0.05, 0) is 24.3 Å². The first-order valence-corrected chi connectivity index (χ1v) is 7.51. The van der Waals surface area contributed by atoms with Gasteiger partial charge in [0, 0.05) is 44.3 Å². The molecule has 2 aromatic rings. The summed E-state index contributed by atoms with van der Waals surface area (Å²) in [5.41, 5.74) is 0.254. The van der Waals surface area contributed by atoms with E-state index >= 15 is 0 Å². The molecule has 2 amide bonds. The summed E-state index contributed by atoms with van der Waals surface area (Å²) in [5.74, 6) is -1.27. The summed E-state index contributed by atoms with van der Waals surface area (Å²) in [6.07, 6.45) is 3.32. The van der Waals surface area contributed by atoms with E-state index in [1.54, 1.807) is 18.5 Å². The molecule has 1 aromatic carbocycles. The number of carbonyl (C=O) groups is 2. The number of anilines is 2. The number of amides is 2. The van der Waals surface area contributed by atoms with Gasteiger partial charge in [0.05, 0.1) is 0 Å². The van der Waals surface area contributed by atoms with Crippen LogP contribution in [-0.4, -0.2) is 52.9 Å². The van der Waals surface area contributed by atoms with Crippen molar-refractivity contribution in [3.05, 3.63) is 48.5 Å². The number of aromatic nitrogens is 2. The van der Waals surface area contributed by atoms with Gasteiger partial charge in [-0.3, -0.25) is 9.59 Å². The molecule has 1 aliphatic heterocycles. The second-order valence-corrected chi connectivity index (χ2v) is 5.29. The first-order valence-electron chi connectivity index (χ1n) is 7.51. The summed E-state index contributed by atoms with van der Waals surface area (Å²) < 4.78 is 13.1. The Balaban J connectivity index is 1.56. The molecule has 0 atom stereocenters. The third kappa shape index (κ3) is 3.65. The lowest BCUT2D eigenvalue weighted by Gasteiger charge is -2.34. The van der Waals surface area contributed by atoms with Gasteiger partial charge in [-0.15, -0.1) is 0 Å². The van der Waals surface area contributed by atoms with Crippen LogP contribution in [0.1, 0.15) is 0 Å². The quantitative estimate of drug-likeness (QED) is 0.829. The zero-order chi connectivity index (χ0) is 16.9. The van der Waals surface area contributed by atoms with Crippen molar-refractivity contribution in [1.29, 1.82) is 0 Å². The van der Waals surface area contributed by atoms with Crippen LogP contribution in [0.4, 0.5) is 16.0 Å². The fourth-order valence-electron chi connectivity index (χ4n) is 2.46. The smallest absolute Gasteiger partial charge is 0.313 e. The summed E-state index contributed by atoms with van der Waals surface area (Å²) in [6, 6.07) is 7.16. The molecular formula is C16H16FN5O2. The molecular weight excluding hydrogens is 313 g/mol. The van der Waals surface area contributed by atoms with E-state index in [2.05, 4.69) is 15.3 Å². The molecule has 7 nitrogen and oxygen atoms in total. The van der Waals surface area contributed by atoms with Crippen molar-refractivity contribution in [2.75, 3.05) is 36.4 Å². The Hall–Kier alpha value is -3.03. The molecule has 1 fully saturated rings. The maximum atomic E-state index is 13.1. The van der Waals surface area contributed by atoms with E-state index in [1.165, 1.54) is 23.1 Å². The van der Waals surface area contributed by atoms with E-state index in [0.29, 0.717) is 32.1 Å². The lowest BCUT2D eigenvalue weighted by Crippen LogP contribution is -2.52. The Morgan fingerprint density at radius 2 is 1.75 bits per heavy atom. The van der Waals surface area contributed by atoms with Crippen LogP contribution in [0, 0.1) is 5.82 Å². The molecule has 24 heavy (non-hydrogen) atoms. The molecule has 1 aliphatic rings. The van der Waals surface area contributed by atoms with E-state index in [9.17, 15) is 14.0 Å². The Morgan fingerprint density at radius 3 is 2.42 bits per heavy atom. The van der Waals surface area contributed by atoms with Crippen LogP contribution in [0.5, 0.6) is 0 Å². The molecule has 0 spiro atoms. The third-order valence-electron chi connectivity index (χ3n) is 3.68. The first kappa shape index (κ1) is 15.9. The van der Waals surface area contributed by atoms with E-state index in [0.717, 1.165) is 6.07 Å². The van der Waals surface area contributed by atoms with E-state index < -0.39 is 17.6 Å². The average molecular weight is 329 g/mol. The molecule has 1 saturated heterocycles. The molecule has 124 valence electrons. The van der Waals surface area contributed by atoms with Gasteiger partial charge in [-0.1, -0.05) is 6.07 Å². The Bertz CT molecular complexity index is 732. The number of nitrogens with one attached hydrogen (secondary N) is 1. The predicted octanol–water partition coefficient (Wildman–Crippen LogP) is 0.903. The number of piperazine rings is 1. The van der Waals surface area contributed by atoms with Crippen LogP contribution in [0.25, 0.3) is 0 Å². The van der Waals surface area contributed by atoms with Gasteiger partial charge < -0.3 is 15.1 Å². The van der Waals surface area contributed by atoms with Gasteiger partial charge >= 0.3 is 11.8 Å². The minimum Gasteiger partial charge on any atom is -0.337 e. The van der Waals surface area contributed by atoms with Gasteiger partial charge in [-0.2, -0.15) is 0 Å². The van der Waals surface area contributed by atoms with Crippen molar-refractivity contribution in [3.63, 3.8) is 0 Å². The highest BCUT2D eigenvalue weighted by atomic mass is 19.1. The summed E-state index contributed by atoms with van der Waals surface area (Å²) >= 11 is 0. The van der Waals surface area contributed by atoms with E-state index in [-0.39, 0.29) is 5.69 Å². The molecule has 2 heterocycles. The normalized spacial score (nSPS) is 14.4. The van der Waals surface area contributed by atoms with E-state index in [1.807, 2.05) is 4.90 Å². The molecule has 3 rings (SSSR count). The highest BCUT2D eigenvalue weighted by molar-refractivity contribution is 6.39. The van der Waals surface area contributed by atoms with Crippen LogP contribution < -0.4 is 10.2 Å². The van der Waals surface area contributed by atoms with Crippen molar-refractivity contribution < 1.29 is 14.0 Å². The van der Waals surface area contributed by atoms with Crippen LogP contribution in [0.15, 0.2) is 42.7 Å². The lowest BCUT2D eigenvalue weighted by atomic mass is 10.3. The van der Waals surface area contributed by atoms with Crippen molar-refractivity contribution in [1.82, 2.24) is 14.9 Å². The average Bonchev–Trinajstić information content (AvgIpc) is 2.62. The van der Waals surface area contributed by atoms with Gasteiger partial charge in [0.15, 0.2) is 0 Å². The van der Waals surface area contributed by atoms with Gasteiger partial charge in [-0.25, -0.2) is 14.4 Å². The molecule has 0 aliphatic carbocycles. The molecule has 0 saturated carbocycles. The Kier molecular flexibility index (Phi) is 4.64. The van der Waals surface area contributed by atoms with Gasteiger partial charge in [0.1, 0.15) is 5.82 Å². The molecule has 1 N–H and O–H groups in total. The number of hydrogen-bond donors (Lipinski definition) is 1. The van der Waals surface area contributed by atoms with Crippen LogP contribution in [-0.2, 0) is 9.59 Å². The number of carbonyl (C=O) groups excluding carboxylic acids is 2. The number of halogens is 1. The molecule has 0 radical (unpaired) electrons. The number of rotatable bonds is 2. The first-order chi connectivity index (χ1) is 11.6. The summed E-state index contributed by atoms with van der Waals surface area (Å²) in [6.45, 7) is 1.88. The van der Waals surface area contributed by atoms with Crippen molar-refractivity contribution in [2.45, 2.75) is 0 Å². The molecule has 0 bridgehead atoms. The maximum absolute atomic E-state index is 13.1. The topological polar surface area (TPSA) is 78.4 Å². The predicted molar refractivity (Wildman–Crippen MR) is 85.9 cm³/mol. The highest BCUT2D eigenvalue weighted by Crippen LogP contribution is 2.12. The van der Waals surface area contributed by atoms with Gasteiger partial charge in [0.2, 0.25) is 5.95 Å². The third-order valence-corrected chi connectivity index (χ3v) is 3.68. The number of hydrogen-bond acceptors (Lipinski definition) is 5. The molecule has 8 heteroatoms. The molecule has 1 aromatic heterocycles.